The summed E-state index contributed by atoms with van der Waals surface area (Å²) in [6, 6.07) is 0. The fourth-order valence-electron chi connectivity index (χ4n) is 0.934. The highest BCUT2D eigenvalue weighted by Gasteiger charge is 2.10. The summed E-state index contributed by atoms with van der Waals surface area (Å²) in [5.41, 5.74) is 0. The monoisotopic (exact) mass is 190 g/mol. The number of carbonyl (C=O) groups is 1. The molecule has 0 saturated heterocycles. The predicted molar refractivity (Wildman–Crippen MR) is 48.8 cm³/mol. The second-order valence-electron chi connectivity index (χ2n) is 2.70. The Balaban J connectivity index is 3.42. The van der Waals surface area contributed by atoms with Gasteiger partial charge in [-0.15, -0.1) is 0 Å². The van der Waals surface area contributed by atoms with E-state index in [4.69, 9.17) is 14.6 Å². The van der Waals surface area contributed by atoms with Crippen molar-refractivity contribution in [1.29, 1.82) is 0 Å². The second kappa shape index (κ2) is 8.01. The molecule has 0 saturated carbocycles. The van der Waals surface area contributed by atoms with Gasteiger partial charge in [0, 0.05) is 6.61 Å². The van der Waals surface area contributed by atoms with E-state index in [1.54, 1.807) is 0 Å². The number of hydrogen-bond acceptors (Lipinski definition) is 3. The molecular weight excluding hydrogens is 172 g/mol. The fraction of sp³-hybridized carbons (Fsp3) is 0.889. The number of carboxylic acid groups (broad SMARTS) is 1. The van der Waals surface area contributed by atoms with Crippen LogP contribution in [0.3, 0.4) is 0 Å². The second-order valence-corrected chi connectivity index (χ2v) is 2.70. The van der Waals surface area contributed by atoms with Gasteiger partial charge in [-0.1, -0.05) is 6.92 Å². The first-order valence-corrected chi connectivity index (χ1v) is 4.61. The molecule has 1 N–H and O–H groups in total. The Labute approximate surface area is 78.8 Å². The lowest BCUT2D eigenvalue weighted by Crippen LogP contribution is -2.19. The average Bonchev–Trinajstić information content (AvgIpc) is 2.09. The van der Waals surface area contributed by atoms with Crippen LogP contribution in [0, 0.1) is 0 Å². The van der Waals surface area contributed by atoms with Crippen LogP contribution >= 0.6 is 0 Å². The van der Waals surface area contributed by atoms with Gasteiger partial charge < -0.3 is 14.6 Å². The summed E-state index contributed by atoms with van der Waals surface area (Å²) in [4.78, 5) is 10.3. The lowest BCUT2D eigenvalue weighted by atomic mass is 10.2. The van der Waals surface area contributed by atoms with Crippen LogP contribution in [0.15, 0.2) is 0 Å². The quantitative estimate of drug-likeness (QED) is 0.586. The van der Waals surface area contributed by atoms with Crippen LogP contribution in [-0.4, -0.2) is 37.0 Å². The highest BCUT2D eigenvalue weighted by Crippen LogP contribution is 2.03. The summed E-state index contributed by atoms with van der Waals surface area (Å²) in [6.45, 7) is 5.49. The third-order valence-corrected chi connectivity index (χ3v) is 1.64. The molecule has 78 valence electrons. The highest BCUT2D eigenvalue weighted by molar-refractivity contribution is 5.67. The van der Waals surface area contributed by atoms with Crippen molar-refractivity contribution >= 4 is 5.97 Å². The maximum atomic E-state index is 10.3. The van der Waals surface area contributed by atoms with Crippen molar-refractivity contribution < 1.29 is 19.4 Å². The van der Waals surface area contributed by atoms with Crippen molar-refractivity contribution in [2.45, 2.75) is 32.8 Å². The van der Waals surface area contributed by atoms with Crippen molar-refractivity contribution in [3.63, 3.8) is 0 Å². The molecule has 0 aromatic rings. The van der Waals surface area contributed by atoms with Gasteiger partial charge in [-0.3, -0.25) is 4.79 Å². The number of rotatable bonds is 8. The van der Waals surface area contributed by atoms with E-state index < -0.39 is 5.97 Å². The van der Waals surface area contributed by atoms with E-state index in [1.807, 2.05) is 13.8 Å². The topological polar surface area (TPSA) is 55.8 Å². The maximum Gasteiger partial charge on any atom is 0.305 e. The van der Waals surface area contributed by atoms with Crippen LogP contribution in [0.1, 0.15) is 26.7 Å². The molecule has 0 spiro atoms. The first-order chi connectivity index (χ1) is 6.20. The molecule has 0 rings (SSSR count). The van der Waals surface area contributed by atoms with Gasteiger partial charge in [0.15, 0.2) is 0 Å². The highest BCUT2D eigenvalue weighted by atomic mass is 16.5. The van der Waals surface area contributed by atoms with E-state index in [0.29, 0.717) is 19.8 Å². The van der Waals surface area contributed by atoms with E-state index in [2.05, 4.69) is 0 Å². The molecule has 0 bridgehead atoms. The summed E-state index contributed by atoms with van der Waals surface area (Å²) >= 11 is 0. The minimum absolute atomic E-state index is 0.0720. The minimum Gasteiger partial charge on any atom is -0.481 e. The van der Waals surface area contributed by atoms with Crippen LogP contribution in [0.2, 0.25) is 0 Å². The molecule has 0 aliphatic carbocycles. The normalized spacial score (nSPS) is 12.8. The maximum absolute atomic E-state index is 10.3. The molecule has 0 radical (unpaired) electrons. The molecule has 0 aromatic heterocycles. The summed E-state index contributed by atoms with van der Waals surface area (Å²) < 4.78 is 10.4. The van der Waals surface area contributed by atoms with E-state index in [0.717, 1.165) is 6.42 Å². The van der Waals surface area contributed by atoms with Gasteiger partial charge in [-0.05, 0) is 13.3 Å². The van der Waals surface area contributed by atoms with Gasteiger partial charge >= 0.3 is 5.97 Å². The third-order valence-electron chi connectivity index (χ3n) is 1.64. The van der Waals surface area contributed by atoms with Gasteiger partial charge in [0.25, 0.3) is 0 Å². The van der Waals surface area contributed by atoms with Gasteiger partial charge in [0.05, 0.1) is 25.7 Å². The fourth-order valence-corrected chi connectivity index (χ4v) is 0.934. The van der Waals surface area contributed by atoms with E-state index >= 15 is 0 Å². The number of ether oxygens (including phenoxy) is 2. The summed E-state index contributed by atoms with van der Waals surface area (Å²) in [7, 11) is 0. The zero-order valence-corrected chi connectivity index (χ0v) is 8.28. The SMILES string of the molecule is CCOCCOC(CC)CC(=O)O. The summed E-state index contributed by atoms with van der Waals surface area (Å²) in [5.74, 6) is -0.816. The van der Waals surface area contributed by atoms with Crippen molar-refractivity contribution in [3.8, 4) is 0 Å². The standard InChI is InChI=1S/C9H18O4/c1-3-8(7-9(10)11)13-6-5-12-4-2/h8H,3-7H2,1-2H3,(H,10,11). The van der Waals surface area contributed by atoms with Gasteiger partial charge in [-0.25, -0.2) is 0 Å². The van der Waals surface area contributed by atoms with Crippen molar-refractivity contribution in [1.82, 2.24) is 0 Å². The number of aliphatic carboxylic acids is 1. The van der Waals surface area contributed by atoms with Crippen molar-refractivity contribution in [2.75, 3.05) is 19.8 Å². The molecule has 13 heavy (non-hydrogen) atoms. The largest absolute Gasteiger partial charge is 0.481 e. The lowest BCUT2D eigenvalue weighted by Gasteiger charge is -2.13. The van der Waals surface area contributed by atoms with E-state index in [9.17, 15) is 4.79 Å². The minimum atomic E-state index is -0.816. The Morgan fingerprint density at radius 3 is 2.54 bits per heavy atom. The predicted octanol–water partition coefficient (Wildman–Crippen LogP) is 1.29. The van der Waals surface area contributed by atoms with Crippen LogP contribution < -0.4 is 0 Å². The van der Waals surface area contributed by atoms with Crippen LogP contribution in [0.5, 0.6) is 0 Å². The first kappa shape index (κ1) is 12.4. The van der Waals surface area contributed by atoms with Crippen molar-refractivity contribution in [2.24, 2.45) is 0 Å². The Kier molecular flexibility index (Phi) is 7.63. The van der Waals surface area contributed by atoms with Crippen LogP contribution in [0.4, 0.5) is 0 Å². The zero-order chi connectivity index (χ0) is 10.1. The molecule has 0 aromatic carbocycles. The molecule has 4 nitrogen and oxygen atoms in total. The molecule has 0 fully saturated rings. The Hall–Kier alpha value is -0.610. The lowest BCUT2D eigenvalue weighted by molar-refractivity contribution is -0.140. The average molecular weight is 190 g/mol. The third kappa shape index (κ3) is 7.74. The molecule has 4 heteroatoms. The molecule has 0 aliphatic heterocycles. The first-order valence-electron chi connectivity index (χ1n) is 4.61. The molecular formula is C9H18O4. The Bertz CT molecular complexity index is 136. The van der Waals surface area contributed by atoms with E-state index in [1.165, 1.54) is 0 Å². The zero-order valence-electron chi connectivity index (χ0n) is 8.28. The number of carboxylic acids is 1. The molecule has 0 heterocycles. The molecule has 1 atom stereocenters. The molecule has 0 aliphatic rings. The van der Waals surface area contributed by atoms with E-state index in [-0.39, 0.29) is 12.5 Å². The Morgan fingerprint density at radius 2 is 2.08 bits per heavy atom. The van der Waals surface area contributed by atoms with Gasteiger partial charge in [0.1, 0.15) is 0 Å². The Morgan fingerprint density at radius 1 is 1.38 bits per heavy atom. The molecule has 0 amide bonds. The van der Waals surface area contributed by atoms with Gasteiger partial charge in [0.2, 0.25) is 0 Å². The number of hydrogen-bond donors (Lipinski definition) is 1. The van der Waals surface area contributed by atoms with Crippen LogP contribution in [0.25, 0.3) is 0 Å². The summed E-state index contributed by atoms with van der Waals surface area (Å²) in [5, 5.41) is 8.51. The smallest absolute Gasteiger partial charge is 0.305 e. The van der Waals surface area contributed by atoms with Gasteiger partial charge in [-0.2, -0.15) is 0 Å². The molecule has 1 unspecified atom stereocenters. The summed E-state index contributed by atoms with van der Waals surface area (Å²) in [6.07, 6.45) is 0.610. The van der Waals surface area contributed by atoms with Crippen LogP contribution in [-0.2, 0) is 14.3 Å². The van der Waals surface area contributed by atoms with Crippen molar-refractivity contribution in [3.05, 3.63) is 0 Å².